The summed E-state index contributed by atoms with van der Waals surface area (Å²) in [4.78, 5) is 9.10. The van der Waals surface area contributed by atoms with Crippen LogP contribution in [0.3, 0.4) is 0 Å². The van der Waals surface area contributed by atoms with Gasteiger partial charge in [0.1, 0.15) is 33.6 Å². The highest BCUT2D eigenvalue weighted by Crippen LogP contribution is 2.38. The first-order chi connectivity index (χ1) is 18.9. The van der Waals surface area contributed by atoms with Crippen molar-refractivity contribution < 1.29 is 13.9 Å². The van der Waals surface area contributed by atoms with Gasteiger partial charge in [-0.2, -0.15) is 10.5 Å². The number of rotatable bonds is 11. The first-order valence-corrected chi connectivity index (χ1v) is 14.1. The number of hydrogen-bond acceptors (Lipinski definition) is 8. The van der Waals surface area contributed by atoms with Crippen molar-refractivity contribution in [3.63, 3.8) is 0 Å². The van der Waals surface area contributed by atoms with E-state index in [0.717, 1.165) is 21.8 Å². The van der Waals surface area contributed by atoms with E-state index in [4.69, 9.17) is 16.7 Å². The van der Waals surface area contributed by atoms with Crippen molar-refractivity contribution in [3.05, 3.63) is 81.3 Å². The number of aliphatic hydroxyl groups is 1. The molecule has 198 valence electrons. The summed E-state index contributed by atoms with van der Waals surface area (Å²) in [5.41, 5.74) is 3.83. The average molecular weight is 582 g/mol. The molecule has 2 aromatic heterocycles. The number of pyridine rings is 1. The number of thiazole rings is 1. The van der Waals surface area contributed by atoms with Crippen LogP contribution < -0.4 is 5.32 Å². The standard InChI is InChI=1S/C28H22ClF2N5OS2/c29-20-9-7-19(8-10-20)27-35-21(15-38-27)16-39-28-23(13-33)25(18-5-3-17(4-6-18)2-1-11-37)22(12-32)26(36-28)34-14-24(30)31/h3-10,15,24,37H,1-2,11,14,16H2,(H,34,36). The van der Waals surface area contributed by atoms with Crippen LogP contribution in [0.15, 0.2) is 58.9 Å². The van der Waals surface area contributed by atoms with Crippen LogP contribution in [0.25, 0.3) is 21.7 Å². The summed E-state index contributed by atoms with van der Waals surface area (Å²) in [5, 5.41) is 35.4. The Kier molecular flexibility index (Phi) is 9.85. The van der Waals surface area contributed by atoms with E-state index in [0.29, 0.717) is 39.8 Å². The Balaban J connectivity index is 1.70. The highest BCUT2D eigenvalue weighted by molar-refractivity contribution is 7.98. The van der Waals surface area contributed by atoms with Crippen molar-refractivity contribution in [2.45, 2.75) is 30.0 Å². The fraction of sp³-hybridized carbons (Fsp3) is 0.214. The first-order valence-electron chi connectivity index (χ1n) is 11.9. The third-order valence-corrected chi connectivity index (χ3v) is 7.88. The number of nitrogens with zero attached hydrogens (tertiary/aromatic N) is 4. The summed E-state index contributed by atoms with van der Waals surface area (Å²) in [6, 6.07) is 18.9. The van der Waals surface area contributed by atoms with Gasteiger partial charge in [-0.15, -0.1) is 11.3 Å². The second-order valence-electron chi connectivity index (χ2n) is 8.35. The predicted octanol–water partition coefficient (Wildman–Crippen LogP) is 7.16. The normalized spacial score (nSPS) is 10.8. The Morgan fingerprint density at radius 2 is 1.69 bits per heavy atom. The number of alkyl halides is 2. The summed E-state index contributed by atoms with van der Waals surface area (Å²) in [6.07, 6.45) is -1.36. The molecule has 4 aromatic rings. The van der Waals surface area contributed by atoms with Crippen LogP contribution in [0, 0.1) is 22.7 Å². The fourth-order valence-corrected chi connectivity index (χ4v) is 5.77. The number of benzene rings is 2. The van der Waals surface area contributed by atoms with E-state index in [1.807, 2.05) is 29.6 Å². The van der Waals surface area contributed by atoms with Gasteiger partial charge in [0.15, 0.2) is 0 Å². The van der Waals surface area contributed by atoms with Crippen LogP contribution in [-0.4, -0.2) is 34.7 Å². The van der Waals surface area contributed by atoms with Gasteiger partial charge in [-0.1, -0.05) is 59.8 Å². The molecule has 0 spiro atoms. The van der Waals surface area contributed by atoms with Crippen LogP contribution >= 0.6 is 34.7 Å². The number of nitrogens with one attached hydrogen (secondary N) is 1. The molecule has 0 bridgehead atoms. The smallest absolute Gasteiger partial charge is 0.255 e. The summed E-state index contributed by atoms with van der Waals surface area (Å²) in [7, 11) is 0. The molecule has 4 rings (SSSR count). The minimum absolute atomic E-state index is 0.00112. The minimum atomic E-state index is -2.65. The first kappa shape index (κ1) is 28.5. The lowest BCUT2D eigenvalue weighted by molar-refractivity contribution is 0.163. The maximum atomic E-state index is 13.0. The fourth-order valence-electron chi connectivity index (χ4n) is 3.83. The Hall–Kier alpha value is -3.54. The molecule has 0 saturated carbocycles. The molecule has 0 radical (unpaired) electrons. The highest BCUT2D eigenvalue weighted by Gasteiger charge is 2.23. The number of halogens is 3. The van der Waals surface area contributed by atoms with E-state index < -0.39 is 13.0 Å². The summed E-state index contributed by atoms with van der Waals surface area (Å²) >= 11 is 8.70. The van der Waals surface area contributed by atoms with Crippen molar-refractivity contribution in [3.8, 4) is 33.8 Å². The lowest BCUT2D eigenvalue weighted by atomic mass is 9.95. The molecule has 0 amide bonds. The van der Waals surface area contributed by atoms with Crippen molar-refractivity contribution in [2.24, 2.45) is 0 Å². The third-order valence-electron chi connectivity index (χ3n) is 5.68. The molecular weight excluding hydrogens is 560 g/mol. The molecule has 6 nitrogen and oxygen atoms in total. The molecule has 2 aromatic carbocycles. The van der Waals surface area contributed by atoms with E-state index in [9.17, 15) is 19.3 Å². The van der Waals surface area contributed by atoms with Crippen molar-refractivity contribution in [1.29, 1.82) is 10.5 Å². The van der Waals surface area contributed by atoms with E-state index >= 15 is 0 Å². The van der Waals surface area contributed by atoms with E-state index in [2.05, 4.69) is 27.4 Å². The van der Waals surface area contributed by atoms with Crippen LogP contribution in [0.2, 0.25) is 5.02 Å². The third kappa shape index (κ3) is 7.11. The van der Waals surface area contributed by atoms with Crippen LogP contribution in [0.1, 0.15) is 28.8 Å². The molecule has 11 heteroatoms. The molecule has 2 heterocycles. The van der Waals surface area contributed by atoms with Crippen molar-refractivity contribution >= 4 is 40.5 Å². The van der Waals surface area contributed by atoms with E-state index in [1.54, 1.807) is 24.3 Å². The monoisotopic (exact) mass is 581 g/mol. The van der Waals surface area contributed by atoms with Crippen LogP contribution in [0.4, 0.5) is 14.6 Å². The molecule has 0 aliphatic carbocycles. The Morgan fingerprint density at radius 1 is 1.00 bits per heavy atom. The Bertz CT molecular complexity index is 1510. The zero-order valence-electron chi connectivity index (χ0n) is 20.5. The summed E-state index contributed by atoms with van der Waals surface area (Å²) in [6.45, 7) is -0.614. The van der Waals surface area contributed by atoms with Gasteiger partial charge in [-0.3, -0.25) is 0 Å². The molecule has 0 aliphatic heterocycles. The van der Waals surface area contributed by atoms with Gasteiger partial charge < -0.3 is 10.4 Å². The Labute approximate surface area is 237 Å². The zero-order valence-corrected chi connectivity index (χ0v) is 22.9. The number of aliphatic hydroxyl groups excluding tert-OH is 1. The lowest BCUT2D eigenvalue weighted by Crippen LogP contribution is -2.14. The number of aromatic nitrogens is 2. The van der Waals surface area contributed by atoms with Gasteiger partial charge in [-0.25, -0.2) is 18.7 Å². The van der Waals surface area contributed by atoms with Crippen LogP contribution in [0.5, 0.6) is 0 Å². The maximum absolute atomic E-state index is 13.0. The Morgan fingerprint density at radius 3 is 2.33 bits per heavy atom. The quantitative estimate of drug-likeness (QED) is 0.181. The van der Waals surface area contributed by atoms with Gasteiger partial charge in [0.2, 0.25) is 0 Å². The van der Waals surface area contributed by atoms with Crippen LogP contribution in [-0.2, 0) is 12.2 Å². The lowest BCUT2D eigenvalue weighted by Gasteiger charge is -2.16. The molecule has 0 fully saturated rings. The second-order valence-corrected chi connectivity index (χ2v) is 10.6. The molecule has 0 unspecified atom stereocenters. The highest BCUT2D eigenvalue weighted by atomic mass is 35.5. The summed E-state index contributed by atoms with van der Waals surface area (Å²) in [5.74, 6) is 0.379. The second kappa shape index (κ2) is 13.5. The number of hydrogen-bond donors (Lipinski definition) is 2. The van der Waals surface area contributed by atoms with Gasteiger partial charge in [0.05, 0.1) is 17.8 Å². The zero-order chi connectivity index (χ0) is 27.8. The van der Waals surface area contributed by atoms with Gasteiger partial charge in [0.25, 0.3) is 6.43 Å². The van der Waals surface area contributed by atoms with E-state index in [1.165, 1.54) is 23.1 Å². The maximum Gasteiger partial charge on any atom is 0.255 e. The molecule has 0 atom stereocenters. The van der Waals surface area contributed by atoms with E-state index in [-0.39, 0.29) is 23.6 Å². The SMILES string of the molecule is N#Cc1c(NCC(F)F)nc(SCc2csc(-c3ccc(Cl)cc3)n2)c(C#N)c1-c1ccc(CCCO)cc1. The van der Waals surface area contributed by atoms with Gasteiger partial charge in [0, 0.05) is 33.9 Å². The van der Waals surface area contributed by atoms with Crippen molar-refractivity contribution in [1.82, 2.24) is 9.97 Å². The summed E-state index contributed by atoms with van der Waals surface area (Å²) < 4.78 is 26.1. The molecular formula is C28H22ClF2N5OS2. The number of anilines is 1. The number of thioether (sulfide) groups is 1. The van der Waals surface area contributed by atoms with Gasteiger partial charge in [-0.05, 0) is 36.1 Å². The largest absolute Gasteiger partial charge is 0.396 e. The molecule has 2 N–H and O–H groups in total. The number of nitriles is 2. The molecule has 0 saturated heterocycles. The average Bonchev–Trinajstić information content (AvgIpc) is 3.43. The molecule has 39 heavy (non-hydrogen) atoms. The number of aryl methyl sites for hydroxylation is 1. The van der Waals surface area contributed by atoms with Gasteiger partial charge >= 0.3 is 0 Å². The molecule has 0 aliphatic rings. The van der Waals surface area contributed by atoms with Crippen molar-refractivity contribution in [2.75, 3.05) is 18.5 Å². The topological polar surface area (TPSA) is 106 Å². The predicted molar refractivity (Wildman–Crippen MR) is 151 cm³/mol. The minimum Gasteiger partial charge on any atom is -0.396 e.